The fraction of sp³-hybridized carbons (Fsp3) is 0.0435. The smallest absolute Gasteiger partial charge is 0.363 e. The number of benzene rings is 3. The molecule has 0 spiro atoms. The van der Waals surface area contributed by atoms with Gasteiger partial charge in [-0.3, -0.25) is 10.1 Å². The van der Waals surface area contributed by atoms with E-state index in [-0.39, 0.29) is 40.3 Å². The molecule has 0 saturated carbocycles. The first-order valence-corrected chi connectivity index (χ1v) is 12.1. The first kappa shape index (κ1) is 24.5. The van der Waals surface area contributed by atoms with E-state index in [1.54, 1.807) is 36.4 Å². The van der Waals surface area contributed by atoms with Gasteiger partial charge >= 0.3 is 5.97 Å². The molecule has 1 aliphatic rings. The van der Waals surface area contributed by atoms with Crippen LogP contribution in [0.2, 0.25) is 5.02 Å². The highest BCUT2D eigenvalue weighted by molar-refractivity contribution is 14.1. The molecule has 0 unspecified atom stereocenters. The van der Waals surface area contributed by atoms with E-state index in [1.165, 1.54) is 24.3 Å². The Labute approximate surface area is 225 Å². The Balaban J connectivity index is 1.58. The third-order valence-electron chi connectivity index (χ3n) is 4.66. The summed E-state index contributed by atoms with van der Waals surface area (Å²) < 4.78 is 26.4. The number of ether oxygens (including phenoxy) is 2. The molecule has 7 nitrogen and oxygen atoms in total. The maximum absolute atomic E-state index is 13.9. The molecule has 0 aromatic heterocycles. The van der Waals surface area contributed by atoms with Gasteiger partial charge in [0.2, 0.25) is 5.90 Å². The molecule has 0 radical (unpaired) electrons. The van der Waals surface area contributed by atoms with Crippen LogP contribution in [0, 0.1) is 23.1 Å². The van der Waals surface area contributed by atoms with Crippen molar-refractivity contribution in [3.63, 3.8) is 0 Å². The zero-order valence-electron chi connectivity index (χ0n) is 16.9. The number of nitrogens with zero attached hydrogens (tertiary/aromatic N) is 2. The Bertz CT molecular complexity index is 1370. The lowest BCUT2D eigenvalue weighted by atomic mass is 10.2. The van der Waals surface area contributed by atoms with E-state index < -0.39 is 10.9 Å². The summed E-state index contributed by atoms with van der Waals surface area (Å²) in [6.07, 6.45) is 1.55. The third-order valence-corrected chi connectivity index (χ3v) is 6.59. The summed E-state index contributed by atoms with van der Waals surface area (Å²) in [6, 6.07) is 14.0. The minimum absolute atomic E-state index is 0.0316. The summed E-state index contributed by atoms with van der Waals surface area (Å²) in [7, 11) is 0. The average molecular weight is 705 g/mol. The van der Waals surface area contributed by atoms with Gasteiger partial charge < -0.3 is 9.47 Å². The van der Waals surface area contributed by atoms with Crippen LogP contribution in [-0.2, 0) is 16.1 Å². The predicted molar refractivity (Wildman–Crippen MR) is 141 cm³/mol. The molecule has 0 amide bonds. The summed E-state index contributed by atoms with van der Waals surface area (Å²) in [5.74, 6) is -0.477. The van der Waals surface area contributed by atoms with E-state index in [1.807, 2.05) is 0 Å². The molecule has 3 aromatic rings. The van der Waals surface area contributed by atoms with E-state index in [9.17, 15) is 19.3 Å². The van der Waals surface area contributed by atoms with Crippen LogP contribution in [0.3, 0.4) is 0 Å². The van der Waals surface area contributed by atoms with Crippen molar-refractivity contribution in [1.29, 1.82) is 0 Å². The lowest BCUT2D eigenvalue weighted by Gasteiger charge is -2.12. The molecule has 34 heavy (non-hydrogen) atoms. The van der Waals surface area contributed by atoms with Gasteiger partial charge in [0.05, 0.1) is 12.1 Å². The molecule has 0 atom stereocenters. The second-order valence-electron chi connectivity index (χ2n) is 6.95. The SMILES string of the molecule is O=C1OC(c2ccc(Cl)c([N+](=O)[O-])c2)=N/C1=C\c1cc(I)c(OCc2ccccc2F)c(I)c1. The van der Waals surface area contributed by atoms with Crippen LogP contribution in [0.5, 0.6) is 5.75 Å². The molecular formula is C23H12ClFI2N2O5. The van der Waals surface area contributed by atoms with Crippen molar-refractivity contribution >= 4 is 80.4 Å². The van der Waals surface area contributed by atoms with Gasteiger partial charge in [-0.25, -0.2) is 14.2 Å². The van der Waals surface area contributed by atoms with Crippen molar-refractivity contribution in [2.45, 2.75) is 6.61 Å². The summed E-state index contributed by atoms with van der Waals surface area (Å²) in [5.41, 5.74) is 1.10. The Morgan fingerprint density at radius 3 is 2.53 bits per heavy atom. The Morgan fingerprint density at radius 1 is 1.15 bits per heavy atom. The molecule has 0 N–H and O–H groups in total. The van der Waals surface area contributed by atoms with Crippen molar-refractivity contribution in [1.82, 2.24) is 0 Å². The number of cyclic esters (lactones) is 1. The standard InChI is InChI=1S/C23H12ClFI2N2O5/c24-15-6-5-13(10-20(15)29(31)32)22-28-19(23(30)34-22)9-12-7-17(26)21(18(27)8-12)33-11-14-3-1-2-4-16(14)25/h1-10H,11H2/b19-9-. The highest BCUT2D eigenvalue weighted by atomic mass is 127. The molecule has 0 saturated heterocycles. The second kappa shape index (κ2) is 10.4. The molecule has 3 aromatic carbocycles. The van der Waals surface area contributed by atoms with Crippen LogP contribution >= 0.6 is 56.8 Å². The van der Waals surface area contributed by atoms with Crippen LogP contribution in [-0.4, -0.2) is 16.8 Å². The Morgan fingerprint density at radius 2 is 1.85 bits per heavy atom. The lowest BCUT2D eigenvalue weighted by Crippen LogP contribution is -2.06. The largest absolute Gasteiger partial charge is 0.487 e. The molecule has 0 aliphatic carbocycles. The highest BCUT2D eigenvalue weighted by Crippen LogP contribution is 2.32. The summed E-state index contributed by atoms with van der Waals surface area (Å²) in [6.45, 7) is 0.0757. The first-order valence-electron chi connectivity index (χ1n) is 9.55. The van der Waals surface area contributed by atoms with E-state index >= 15 is 0 Å². The highest BCUT2D eigenvalue weighted by Gasteiger charge is 2.26. The molecule has 11 heteroatoms. The van der Waals surface area contributed by atoms with Crippen molar-refractivity contribution in [3.8, 4) is 5.75 Å². The van der Waals surface area contributed by atoms with E-state index in [4.69, 9.17) is 21.1 Å². The van der Waals surface area contributed by atoms with Crippen molar-refractivity contribution in [3.05, 3.63) is 105 Å². The van der Waals surface area contributed by atoms with Gasteiger partial charge in [-0.1, -0.05) is 29.8 Å². The molecule has 0 fully saturated rings. The fourth-order valence-corrected chi connectivity index (χ4v) is 5.36. The summed E-state index contributed by atoms with van der Waals surface area (Å²) >= 11 is 10.0. The molecule has 1 aliphatic heterocycles. The fourth-order valence-electron chi connectivity index (χ4n) is 3.04. The Hall–Kier alpha value is -2.58. The van der Waals surface area contributed by atoms with Gasteiger partial charge in [0.15, 0.2) is 5.70 Å². The zero-order valence-corrected chi connectivity index (χ0v) is 22.0. The lowest BCUT2D eigenvalue weighted by molar-refractivity contribution is -0.384. The van der Waals surface area contributed by atoms with Gasteiger partial charge in [0.1, 0.15) is 23.2 Å². The van der Waals surface area contributed by atoms with Gasteiger partial charge in [-0.05, 0) is 87.2 Å². The molecule has 172 valence electrons. The molecular weight excluding hydrogens is 693 g/mol. The number of carbonyl (C=O) groups excluding carboxylic acids is 1. The number of carbonyl (C=O) groups is 1. The topological polar surface area (TPSA) is 91.0 Å². The van der Waals surface area contributed by atoms with Crippen LogP contribution < -0.4 is 4.74 Å². The minimum Gasteiger partial charge on any atom is -0.487 e. The third kappa shape index (κ3) is 5.39. The maximum atomic E-state index is 13.9. The normalized spacial score (nSPS) is 14.2. The van der Waals surface area contributed by atoms with Crippen LogP contribution in [0.1, 0.15) is 16.7 Å². The monoisotopic (exact) mass is 704 g/mol. The number of aliphatic imine (C=N–C) groups is 1. The Kier molecular flexibility index (Phi) is 7.48. The number of nitro groups is 1. The molecule has 1 heterocycles. The summed E-state index contributed by atoms with van der Waals surface area (Å²) in [5, 5.41) is 11.1. The quantitative estimate of drug-likeness (QED) is 0.0959. The number of hydrogen-bond donors (Lipinski definition) is 0. The van der Waals surface area contributed by atoms with Crippen LogP contribution in [0.15, 0.2) is 65.3 Å². The van der Waals surface area contributed by atoms with Crippen LogP contribution in [0.4, 0.5) is 10.1 Å². The van der Waals surface area contributed by atoms with Crippen molar-refractivity contribution < 1.29 is 23.6 Å². The number of nitro benzene ring substituents is 1. The molecule has 0 bridgehead atoms. The maximum Gasteiger partial charge on any atom is 0.363 e. The van der Waals surface area contributed by atoms with Crippen molar-refractivity contribution in [2.75, 3.05) is 0 Å². The van der Waals surface area contributed by atoms with E-state index in [0.717, 1.165) is 7.14 Å². The van der Waals surface area contributed by atoms with Gasteiger partial charge in [-0.15, -0.1) is 0 Å². The second-order valence-corrected chi connectivity index (χ2v) is 9.68. The van der Waals surface area contributed by atoms with Crippen molar-refractivity contribution in [2.24, 2.45) is 4.99 Å². The van der Waals surface area contributed by atoms with E-state index in [0.29, 0.717) is 16.9 Å². The van der Waals surface area contributed by atoms with Gasteiger partial charge in [-0.2, -0.15) is 0 Å². The minimum atomic E-state index is -0.683. The van der Waals surface area contributed by atoms with Crippen LogP contribution in [0.25, 0.3) is 6.08 Å². The number of halogens is 4. The average Bonchev–Trinajstić information content (AvgIpc) is 3.14. The zero-order chi connectivity index (χ0) is 24.4. The number of rotatable bonds is 6. The number of hydrogen-bond acceptors (Lipinski definition) is 6. The summed E-state index contributed by atoms with van der Waals surface area (Å²) in [4.78, 5) is 27.0. The van der Waals surface area contributed by atoms with Gasteiger partial charge in [0.25, 0.3) is 5.69 Å². The predicted octanol–water partition coefficient (Wildman–Crippen LogP) is 6.52. The first-order chi connectivity index (χ1) is 16.2. The van der Waals surface area contributed by atoms with E-state index in [2.05, 4.69) is 50.2 Å². The van der Waals surface area contributed by atoms with Gasteiger partial charge in [0, 0.05) is 17.2 Å². The number of esters is 1. The molecule has 4 rings (SSSR count).